The van der Waals surface area contributed by atoms with Crippen LogP contribution in [0.5, 0.6) is 0 Å². The molecule has 9 heteroatoms. The van der Waals surface area contributed by atoms with E-state index < -0.39 is 6.10 Å². The number of amides is 1. The Balaban J connectivity index is 1.26. The molecule has 3 aromatic heterocycles. The van der Waals surface area contributed by atoms with Crippen LogP contribution in [0.2, 0.25) is 0 Å². The number of hydrogen-bond acceptors (Lipinski definition) is 7. The molecule has 0 unspecified atom stereocenters. The van der Waals surface area contributed by atoms with Crippen molar-refractivity contribution in [1.82, 2.24) is 30.3 Å². The van der Waals surface area contributed by atoms with Gasteiger partial charge in [0.1, 0.15) is 11.8 Å². The van der Waals surface area contributed by atoms with Crippen LogP contribution in [-0.2, 0) is 22.5 Å². The summed E-state index contributed by atoms with van der Waals surface area (Å²) in [5, 5.41) is 21.1. The van der Waals surface area contributed by atoms with Crippen molar-refractivity contribution in [2.24, 2.45) is 0 Å². The summed E-state index contributed by atoms with van der Waals surface area (Å²) in [7, 11) is 0. The fraction of sp³-hybridized carbons (Fsp3) is 0.409. The molecule has 4 heterocycles. The molecule has 0 spiro atoms. The Labute approximate surface area is 180 Å². The van der Waals surface area contributed by atoms with E-state index >= 15 is 0 Å². The molecule has 1 fully saturated rings. The molecule has 2 N–H and O–H groups in total. The molecular formula is C22H26N6O3. The third-order valence-electron chi connectivity index (χ3n) is 5.39. The van der Waals surface area contributed by atoms with Crippen LogP contribution in [0, 0.1) is 0 Å². The summed E-state index contributed by atoms with van der Waals surface area (Å²) >= 11 is 0. The van der Waals surface area contributed by atoms with Crippen molar-refractivity contribution >= 4 is 5.91 Å². The third-order valence-corrected chi connectivity index (χ3v) is 5.39. The molecule has 1 aliphatic rings. The van der Waals surface area contributed by atoms with Crippen molar-refractivity contribution in [3.05, 3.63) is 60.8 Å². The fourth-order valence-electron chi connectivity index (χ4n) is 3.76. The van der Waals surface area contributed by atoms with Gasteiger partial charge in [0.25, 0.3) is 0 Å². The molecule has 31 heavy (non-hydrogen) atoms. The lowest BCUT2D eigenvalue weighted by Gasteiger charge is -2.36. The lowest BCUT2D eigenvalue weighted by molar-refractivity contribution is -0.128. The van der Waals surface area contributed by atoms with Gasteiger partial charge in [0.05, 0.1) is 31.4 Å². The summed E-state index contributed by atoms with van der Waals surface area (Å²) in [6, 6.07) is 9.10. The number of hydrogen-bond donors (Lipinski definition) is 2. The maximum Gasteiger partial charge on any atom is 0.226 e. The summed E-state index contributed by atoms with van der Waals surface area (Å²) in [4.78, 5) is 20.6. The first-order valence-corrected chi connectivity index (χ1v) is 10.5. The van der Waals surface area contributed by atoms with E-state index in [1.165, 1.54) is 0 Å². The van der Waals surface area contributed by atoms with Crippen molar-refractivity contribution in [2.45, 2.75) is 50.5 Å². The van der Waals surface area contributed by atoms with E-state index in [0.717, 1.165) is 30.5 Å². The van der Waals surface area contributed by atoms with E-state index in [0.29, 0.717) is 12.2 Å². The van der Waals surface area contributed by atoms with Gasteiger partial charge in [0, 0.05) is 36.4 Å². The Hall–Kier alpha value is -3.17. The predicted molar refractivity (Wildman–Crippen MR) is 113 cm³/mol. The standard InChI is InChI=1S/C22H26N6O3/c29-15-21-19(25-22(30)12-17-5-1-2-10-24-17)7-6-18(31-21)8-11-28-14-20(26-27-28)16-4-3-9-23-13-16/h1-5,9-10,13-14,18-19,21,29H,6-8,11-12,15H2,(H,25,30)/t18-,19-,21-/m0/s1. The maximum absolute atomic E-state index is 12.3. The first kappa shape index (κ1) is 21.1. The number of aryl methyl sites for hydroxylation is 1. The zero-order valence-corrected chi connectivity index (χ0v) is 17.2. The molecule has 0 bridgehead atoms. The zero-order chi connectivity index (χ0) is 21.5. The van der Waals surface area contributed by atoms with Gasteiger partial charge in [-0.1, -0.05) is 11.3 Å². The van der Waals surface area contributed by atoms with E-state index in [1.54, 1.807) is 23.3 Å². The molecule has 0 aromatic carbocycles. The minimum absolute atomic E-state index is 0.00728. The molecule has 0 aliphatic carbocycles. The van der Waals surface area contributed by atoms with E-state index in [1.807, 2.05) is 36.5 Å². The highest BCUT2D eigenvalue weighted by atomic mass is 16.5. The van der Waals surface area contributed by atoms with Crippen molar-refractivity contribution in [2.75, 3.05) is 6.61 Å². The van der Waals surface area contributed by atoms with Gasteiger partial charge in [-0.2, -0.15) is 0 Å². The number of nitrogens with zero attached hydrogens (tertiary/aromatic N) is 5. The SMILES string of the molecule is O=C(Cc1ccccn1)N[C@H]1CC[C@@H](CCn2cc(-c3cccnc3)nn2)O[C@H]1CO. The molecule has 1 amide bonds. The highest BCUT2D eigenvalue weighted by molar-refractivity contribution is 5.78. The summed E-state index contributed by atoms with van der Waals surface area (Å²) in [5.74, 6) is -0.116. The highest BCUT2D eigenvalue weighted by Gasteiger charge is 2.31. The summed E-state index contributed by atoms with van der Waals surface area (Å²) in [6.07, 6.45) is 9.13. The van der Waals surface area contributed by atoms with E-state index in [-0.39, 0.29) is 31.1 Å². The van der Waals surface area contributed by atoms with Gasteiger partial charge in [-0.15, -0.1) is 5.10 Å². The van der Waals surface area contributed by atoms with Crippen molar-refractivity contribution in [3.8, 4) is 11.3 Å². The summed E-state index contributed by atoms with van der Waals surface area (Å²) in [6.45, 7) is 0.520. The predicted octanol–water partition coefficient (Wildman–Crippen LogP) is 1.39. The van der Waals surface area contributed by atoms with Crippen LogP contribution >= 0.6 is 0 Å². The Morgan fingerprint density at radius 3 is 2.94 bits per heavy atom. The minimum Gasteiger partial charge on any atom is -0.394 e. The van der Waals surface area contributed by atoms with Gasteiger partial charge < -0.3 is 15.2 Å². The smallest absolute Gasteiger partial charge is 0.226 e. The second-order valence-electron chi connectivity index (χ2n) is 7.63. The van der Waals surface area contributed by atoms with E-state index in [9.17, 15) is 9.90 Å². The topological polar surface area (TPSA) is 115 Å². The molecule has 4 rings (SSSR count). The van der Waals surface area contributed by atoms with Gasteiger partial charge in [0.2, 0.25) is 5.91 Å². The Bertz CT molecular complexity index is 966. The maximum atomic E-state index is 12.3. The quantitative estimate of drug-likeness (QED) is 0.564. The van der Waals surface area contributed by atoms with E-state index in [4.69, 9.17) is 4.74 Å². The molecule has 162 valence electrons. The average molecular weight is 422 g/mol. The third kappa shape index (κ3) is 5.71. The van der Waals surface area contributed by atoms with Crippen LogP contribution in [0.25, 0.3) is 11.3 Å². The summed E-state index contributed by atoms with van der Waals surface area (Å²) < 4.78 is 7.85. The molecule has 0 radical (unpaired) electrons. The van der Waals surface area contributed by atoms with Crippen LogP contribution in [0.4, 0.5) is 0 Å². The molecule has 1 aliphatic heterocycles. The van der Waals surface area contributed by atoms with Crippen LogP contribution in [0.1, 0.15) is 25.0 Å². The Kier molecular flexibility index (Phi) is 6.96. The lowest BCUT2D eigenvalue weighted by atomic mass is 9.97. The highest BCUT2D eigenvalue weighted by Crippen LogP contribution is 2.23. The number of carbonyl (C=O) groups excluding carboxylic acids is 1. The molecule has 3 atom stereocenters. The number of pyridine rings is 2. The Morgan fingerprint density at radius 2 is 2.16 bits per heavy atom. The number of aliphatic hydroxyl groups excluding tert-OH is 1. The minimum atomic E-state index is -0.423. The van der Waals surface area contributed by atoms with Crippen LogP contribution in [0.15, 0.2) is 55.1 Å². The molecular weight excluding hydrogens is 396 g/mol. The number of ether oxygens (including phenoxy) is 1. The van der Waals surface area contributed by atoms with Gasteiger partial charge in [-0.3, -0.25) is 19.4 Å². The number of aliphatic hydroxyl groups is 1. The lowest BCUT2D eigenvalue weighted by Crippen LogP contribution is -2.51. The molecule has 0 saturated carbocycles. The van der Waals surface area contributed by atoms with Gasteiger partial charge in [-0.05, 0) is 43.5 Å². The second-order valence-corrected chi connectivity index (χ2v) is 7.63. The second kappa shape index (κ2) is 10.2. The average Bonchev–Trinajstić information content (AvgIpc) is 3.29. The van der Waals surface area contributed by atoms with Gasteiger partial charge >= 0.3 is 0 Å². The molecule has 3 aromatic rings. The van der Waals surface area contributed by atoms with Gasteiger partial charge in [-0.25, -0.2) is 0 Å². The van der Waals surface area contributed by atoms with Crippen LogP contribution in [0.3, 0.4) is 0 Å². The normalized spacial score (nSPS) is 21.0. The monoisotopic (exact) mass is 422 g/mol. The molecule has 1 saturated heterocycles. The first-order valence-electron chi connectivity index (χ1n) is 10.5. The number of rotatable bonds is 8. The number of carbonyl (C=O) groups is 1. The molecule has 9 nitrogen and oxygen atoms in total. The van der Waals surface area contributed by atoms with Crippen molar-refractivity contribution < 1.29 is 14.6 Å². The Morgan fingerprint density at radius 1 is 1.23 bits per heavy atom. The number of aromatic nitrogens is 5. The van der Waals surface area contributed by atoms with Gasteiger partial charge in [0.15, 0.2) is 0 Å². The largest absolute Gasteiger partial charge is 0.394 e. The van der Waals surface area contributed by atoms with E-state index in [2.05, 4.69) is 25.6 Å². The van der Waals surface area contributed by atoms with Crippen LogP contribution in [-0.4, -0.2) is 60.8 Å². The fourth-order valence-corrected chi connectivity index (χ4v) is 3.76. The number of nitrogens with one attached hydrogen (secondary N) is 1. The van der Waals surface area contributed by atoms with Crippen molar-refractivity contribution in [3.63, 3.8) is 0 Å². The van der Waals surface area contributed by atoms with Crippen molar-refractivity contribution in [1.29, 1.82) is 0 Å². The summed E-state index contributed by atoms with van der Waals surface area (Å²) in [5.41, 5.74) is 2.42. The zero-order valence-electron chi connectivity index (χ0n) is 17.2. The van der Waals surface area contributed by atoms with Crippen LogP contribution < -0.4 is 5.32 Å². The first-order chi connectivity index (χ1) is 15.2.